The molecule has 0 spiro atoms. The van der Waals surface area contributed by atoms with Crippen molar-refractivity contribution in [3.8, 4) is 0 Å². The van der Waals surface area contributed by atoms with Gasteiger partial charge in [0.05, 0.1) is 10.9 Å². The van der Waals surface area contributed by atoms with Crippen LogP contribution in [0.3, 0.4) is 0 Å². The largest absolute Gasteiger partial charge is 0.396 e. The summed E-state index contributed by atoms with van der Waals surface area (Å²) in [6.45, 7) is 0.703. The Kier molecular flexibility index (Phi) is 4.68. The summed E-state index contributed by atoms with van der Waals surface area (Å²) in [5.74, 6) is 0.602. The molecule has 1 atom stereocenters. The molecule has 0 saturated heterocycles. The summed E-state index contributed by atoms with van der Waals surface area (Å²) in [7, 11) is 0. The molecule has 5 nitrogen and oxygen atoms in total. The molecule has 0 amide bonds. The molecule has 118 valence electrons. The molecule has 0 aliphatic rings. The molecular weight excluding hydrogens is 290 g/mol. The number of aromatic nitrogens is 2. The Balaban J connectivity index is 1.80. The van der Waals surface area contributed by atoms with Gasteiger partial charge in [-0.2, -0.15) is 0 Å². The lowest BCUT2D eigenvalue weighted by molar-refractivity contribution is 0.277. The van der Waals surface area contributed by atoms with Gasteiger partial charge in [0, 0.05) is 19.1 Å². The first kappa shape index (κ1) is 15.2. The maximum Gasteiger partial charge on any atom is 0.260 e. The van der Waals surface area contributed by atoms with E-state index in [0.29, 0.717) is 29.8 Å². The SMILES string of the molecule is O=c1[nH]c(NCC(CCO)c2ccccc2)nc2ccccc12. The molecule has 0 aliphatic heterocycles. The third-order valence-corrected chi connectivity index (χ3v) is 3.88. The first-order valence-electron chi connectivity index (χ1n) is 7.66. The lowest BCUT2D eigenvalue weighted by Gasteiger charge is -2.17. The number of aliphatic hydroxyl groups excluding tert-OH is 1. The summed E-state index contributed by atoms with van der Waals surface area (Å²) in [6.07, 6.45) is 0.648. The van der Waals surface area contributed by atoms with Crippen LogP contribution in [0.1, 0.15) is 17.9 Å². The average molecular weight is 309 g/mol. The van der Waals surface area contributed by atoms with Gasteiger partial charge in [0.1, 0.15) is 0 Å². The van der Waals surface area contributed by atoms with E-state index >= 15 is 0 Å². The summed E-state index contributed by atoms with van der Waals surface area (Å²) in [5.41, 5.74) is 1.66. The number of nitrogens with one attached hydrogen (secondary N) is 2. The number of H-pyrrole nitrogens is 1. The minimum atomic E-state index is -0.156. The predicted octanol–water partition coefficient (Wildman–Crippen LogP) is 2.50. The number of para-hydroxylation sites is 1. The lowest BCUT2D eigenvalue weighted by Crippen LogP contribution is -2.18. The Morgan fingerprint density at radius 3 is 2.61 bits per heavy atom. The van der Waals surface area contributed by atoms with Gasteiger partial charge in [-0.15, -0.1) is 0 Å². The molecule has 5 heteroatoms. The molecule has 23 heavy (non-hydrogen) atoms. The van der Waals surface area contributed by atoms with Crippen molar-refractivity contribution in [2.75, 3.05) is 18.5 Å². The quantitative estimate of drug-likeness (QED) is 0.654. The molecule has 0 aliphatic carbocycles. The molecule has 1 aromatic heterocycles. The number of aliphatic hydroxyl groups is 1. The fraction of sp³-hybridized carbons (Fsp3) is 0.222. The van der Waals surface area contributed by atoms with Crippen molar-refractivity contribution in [2.45, 2.75) is 12.3 Å². The van der Waals surface area contributed by atoms with E-state index in [9.17, 15) is 9.90 Å². The monoisotopic (exact) mass is 309 g/mol. The maximum absolute atomic E-state index is 12.1. The molecule has 0 fully saturated rings. The zero-order valence-corrected chi connectivity index (χ0v) is 12.7. The molecule has 2 aromatic carbocycles. The normalized spacial score (nSPS) is 12.2. The molecular formula is C18H19N3O2. The smallest absolute Gasteiger partial charge is 0.260 e. The van der Waals surface area contributed by atoms with E-state index in [-0.39, 0.29) is 18.1 Å². The van der Waals surface area contributed by atoms with Gasteiger partial charge in [0.15, 0.2) is 0 Å². The summed E-state index contributed by atoms with van der Waals surface area (Å²) in [4.78, 5) is 19.3. The Morgan fingerprint density at radius 2 is 1.83 bits per heavy atom. The number of fused-ring (bicyclic) bond motifs is 1. The Hall–Kier alpha value is -2.66. The molecule has 0 bridgehead atoms. The van der Waals surface area contributed by atoms with Crippen molar-refractivity contribution in [1.82, 2.24) is 9.97 Å². The Bertz CT molecular complexity index is 830. The Morgan fingerprint density at radius 1 is 1.09 bits per heavy atom. The van der Waals surface area contributed by atoms with Crippen LogP contribution in [0.2, 0.25) is 0 Å². The minimum absolute atomic E-state index is 0.114. The molecule has 1 heterocycles. The number of hydrogen-bond acceptors (Lipinski definition) is 4. The van der Waals surface area contributed by atoms with Crippen molar-refractivity contribution in [2.24, 2.45) is 0 Å². The maximum atomic E-state index is 12.1. The lowest BCUT2D eigenvalue weighted by atomic mass is 9.96. The number of nitrogens with zero attached hydrogens (tertiary/aromatic N) is 1. The number of hydrogen-bond donors (Lipinski definition) is 3. The highest BCUT2D eigenvalue weighted by molar-refractivity contribution is 5.78. The van der Waals surface area contributed by atoms with E-state index in [1.54, 1.807) is 6.07 Å². The van der Waals surface area contributed by atoms with Gasteiger partial charge >= 0.3 is 0 Å². The van der Waals surface area contributed by atoms with Crippen LogP contribution in [0, 0.1) is 0 Å². The van der Waals surface area contributed by atoms with Crippen molar-refractivity contribution in [3.05, 3.63) is 70.5 Å². The fourth-order valence-electron chi connectivity index (χ4n) is 2.66. The van der Waals surface area contributed by atoms with Gasteiger partial charge in [-0.25, -0.2) is 4.98 Å². The molecule has 3 aromatic rings. The van der Waals surface area contributed by atoms with Crippen LogP contribution in [0.15, 0.2) is 59.4 Å². The first-order chi connectivity index (χ1) is 11.3. The van der Waals surface area contributed by atoms with E-state index in [1.165, 1.54) is 0 Å². The summed E-state index contributed by atoms with van der Waals surface area (Å²) in [6, 6.07) is 17.3. The Labute approximate surface area is 134 Å². The summed E-state index contributed by atoms with van der Waals surface area (Å²) in [5, 5.41) is 13.0. The minimum Gasteiger partial charge on any atom is -0.396 e. The fourth-order valence-corrected chi connectivity index (χ4v) is 2.66. The molecule has 3 rings (SSSR count). The second kappa shape index (κ2) is 7.07. The van der Waals surface area contributed by atoms with E-state index in [2.05, 4.69) is 15.3 Å². The van der Waals surface area contributed by atoms with Crippen molar-refractivity contribution < 1.29 is 5.11 Å². The van der Waals surface area contributed by atoms with Crippen molar-refractivity contribution >= 4 is 16.9 Å². The number of aromatic amines is 1. The second-order valence-corrected chi connectivity index (χ2v) is 5.43. The van der Waals surface area contributed by atoms with Gasteiger partial charge in [0.2, 0.25) is 5.95 Å². The molecule has 3 N–H and O–H groups in total. The van der Waals surface area contributed by atoms with Crippen molar-refractivity contribution in [3.63, 3.8) is 0 Å². The predicted molar refractivity (Wildman–Crippen MR) is 91.7 cm³/mol. The van der Waals surface area contributed by atoms with Gasteiger partial charge in [-0.3, -0.25) is 9.78 Å². The van der Waals surface area contributed by atoms with Crippen LogP contribution in [-0.4, -0.2) is 28.2 Å². The zero-order valence-electron chi connectivity index (χ0n) is 12.7. The standard InChI is InChI=1S/C18H19N3O2/c22-11-10-14(13-6-2-1-3-7-13)12-19-18-20-16-9-5-4-8-15(16)17(23)21-18/h1-9,14,22H,10-12H2,(H2,19,20,21,23). The summed E-state index contributed by atoms with van der Waals surface area (Å²) < 4.78 is 0. The van der Waals surface area contributed by atoms with Gasteiger partial charge < -0.3 is 10.4 Å². The number of rotatable bonds is 6. The van der Waals surface area contributed by atoms with E-state index in [0.717, 1.165) is 5.56 Å². The zero-order chi connectivity index (χ0) is 16.1. The number of anilines is 1. The van der Waals surface area contributed by atoms with Crippen molar-refractivity contribution in [1.29, 1.82) is 0 Å². The van der Waals surface area contributed by atoms with Crippen LogP contribution in [0.4, 0.5) is 5.95 Å². The highest BCUT2D eigenvalue weighted by Gasteiger charge is 2.11. The first-order valence-corrected chi connectivity index (χ1v) is 7.66. The van der Waals surface area contributed by atoms with Crippen LogP contribution < -0.4 is 10.9 Å². The number of benzene rings is 2. The van der Waals surface area contributed by atoms with E-state index in [4.69, 9.17) is 0 Å². The average Bonchev–Trinajstić information content (AvgIpc) is 2.59. The van der Waals surface area contributed by atoms with Crippen LogP contribution in [0.25, 0.3) is 10.9 Å². The van der Waals surface area contributed by atoms with Crippen LogP contribution in [-0.2, 0) is 0 Å². The topological polar surface area (TPSA) is 78.0 Å². The van der Waals surface area contributed by atoms with E-state index in [1.807, 2.05) is 48.5 Å². The van der Waals surface area contributed by atoms with Crippen LogP contribution >= 0.6 is 0 Å². The van der Waals surface area contributed by atoms with Gasteiger partial charge in [-0.1, -0.05) is 42.5 Å². The molecule has 1 unspecified atom stereocenters. The van der Waals surface area contributed by atoms with Crippen LogP contribution in [0.5, 0.6) is 0 Å². The highest BCUT2D eigenvalue weighted by Crippen LogP contribution is 2.19. The van der Waals surface area contributed by atoms with Gasteiger partial charge in [-0.05, 0) is 24.1 Å². The van der Waals surface area contributed by atoms with E-state index < -0.39 is 0 Å². The molecule has 0 saturated carbocycles. The summed E-state index contributed by atoms with van der Waals surface area (Å²) >= 11 is 0. The second-order valence-electron chi connectivity index (χ2n) is 5.43. The highest BCUT2D eigenvalue weighted by atomic mass is 16.3. The molecule has 0 radical (unpaired) electrons. The third kappa shape index (κ3) is 3.57. The third-order valence-electron chi connectivity index (χ3n) is 3.88. The van der Waals surface area contributed by atoms with Gasteiger partial charge in [0.25, 0.3) is 5.56 Å².